The number of carboxylic acids is 1. The Kier molecular flexibility index (Phi) is 10.8. The molecule has 0 spiro atoms. The van der Waals surface area contributed by atoms with E-state index in [2.05, 4.69) is 28.2 Å². The van der Waals surface area contributed by atoms with E-state index >= 15 is 0 Å². The number of ether oxygens (including phenoxy) is 1. The minimum atomic E-state index is -1.65. The third-order valence-corrected chi connectivity index (χ3v) is 6.24. The number of nitrogens with two attached hydrogens (primary N) is 1. The lowest BCUT2D eigenvalue weighted by atomic mass is 9.88. The summed E-state index contributed by atoms with van der Waals surface area (Å²) in [6, 6.07) is 11.2. The van der Waals surface area contributed by atoms with Crippen LogP contribution in [0, 0.1) is 5.92 Å². The molecule has 3 rings (SSSR count). The average molecular weight is 533 g/mol. The van der Waals surface area contributed by atoms with E-state index < -0.39 is 18.1 Å². The number of alkyl carbamates (subject to hydrolysis) is 1. The number of phenols is 1. The Morgan fingerprint density at radius 2 is 1.76 bits per heavy atom. The lowest BCUT2D eigenvalue weighted by Crippen LogP contribution is -2.42. The van der Waals surface area contributed by atoms with Crippen LogP contribution in [0.25, 0.3) is 5.57 Å². The van der Waals surface area contributed by atoms with E-state index in [-0.39, 0.29) is 23.5 Å². The fourth-order valence-corrected chi connectivity index (χ4v) is 3.79. The summed E-state index contributed by atoms with van der Waals surface area (Å²) >= 11 is 3.31. The average Bonchev–Trinajstić information content (AvgIpc) is 2.81. The van der Waals surface area contributed by atoms with Gasteiger partial charge in [0.25, 0.3) is 0 Å². The summed E-state index contributed by atoms with van der Waals surface area (Å²) in [4.78, 5) is 34.7. The summed E-state index contributed by atoms with van der Waals surface area (Å²) in [5, 5.41) is 20.8. The van der Waals surface area contributed by atoms with Crippen LogP contribution in [-0.2, 0) is 20.9 Å². The number of carbonyl (C=O) groups is 2. The number of amides is 1. The molecule has 9 heteroatoms. The molecule has 1 saturated carbocycles. The van der Waals surface area contributed by atoms with E-state index in [1.807, 2.05) is 0 Å². The number of aromatic hydroxyl groups is 1. The highest BCUT2D eigenvalue weighted by Gasteiger charge is 2.27. The zero-order valence-electron chi connectivity index (χ0n) is 18.9. The van der Waals surface area contributed by atoms with Crippen LogP contribution in [0.5, 0.6) is 5.75 Å². The van der Waals surface area contributed by atoms with Crippen molar-refractivity contribution in [3.63, 3.8) is 0 Å². The van der Waals surface area contributed by atoms with Gasteiger partial charge < -0.3 is 26.0 Å². The van der Waals surface area contributed by atoms with Crippen molar-refractivity contribution in [3.8, 4) is 5.75 Å². The minimum absolute atomic E-state index is 0.0494. The number of carboxylic acid groups (broad SMARTS) is 1. The topological polar surface area (TPSA) is 139 Å². The maximum absolute atomic E-state index is 12.0. The summed E-state index contributed by atoms with van der Waals surface area (Å²) in [6.07, 6.45) is 4.20. The summed E-state index contributed by atoms with van der Waals surface area (Å²) in [5.41, 5.74) is 6.30. The van der Waals surface area contributed by atoms with Crippen molar-refractivity contribution in [3.05, 3.63) is 64.1 Å². The molecule has 1 aliphatic rings. The van der Waals surface area contributed by atoms with Crippen molar-refractivity contribution in [1.29, 1.82) is 0 Å². The van der Waals surface area contributed by atoms with Gasteiger partial charge in [-0.2, -0.15) is 0 Å². The van der Waals surface area contributed by atoms with Crippen LogP contribution >= 0.6 is 15.9 Å². The predicted molar refractivity (Wildman–Crippen MR) is 132 cm³/mol. The van der Waals surface area contributed by atoms with Crippen molar-refractivity contribution in [2.75, 3.05) is 0 Å². The number of carbonyl (C=O) groups excluding carboxylic acids is 2. The van der Waals surface area contributed by atoms with Gasteiger partial charge in [0.1, 0.15) is 18.3 Å². The molecule has 2 aromatic rings. The zero-order chi connectivity index (χ0) is 25.1. The number of phenolic OH excluding ortho intramolecular Hbond substituents is 1. The van der Waals surface area contributed by atoms with Crippen LogP contribution in [0.4, 0.5) is 4.79 Å². The fourth-order valence-electron chi connectivity index (χ4n) is 3.39. The second-order valence-corrected chi connectivity index (χ2v) is 9.02. The molecule has 1 amide bonds. The maximum Gasteiger partial charge on any atom is 0.408 e. The predicted octanol–water partition coefficient (Wildman–Crippen LogP) is 4.27. The first-order valence-electron chi connectivity index (χ1n) is 10.9. The van der Waals surface area contributed by atoms with Crippen LogP contribution in [0.2, 0.25) is 0 Å². The molecule has 1 atom stereocenters. The molecule has 0 saturated heterocycles. The molecule has 0 aliphatic heterocycles. The largest absolute Gasteiger partial charge is 0.508 e. The molecule has 34 heavy (non-hydrogen) atoms. The normalized spacial score (nSPS) is 17.9. The number of hydrogen-bond donors (Lipinski definition) is 4. The highest BCUT2D eigenvalue weighted by Crippen LogP contribution is 2.22. The van der Waals surface area contributed by atoms with Gasteiger partial charge in [-0.15, -0.1) is 0 Å². The minimum Gasteiger partial charge on any atom is -0.508 e. The Balaban J connectivity index is 0.000000430. The molecule has 1 fully saturated rings. The smallest absolute Gasteiger partial charge is 0.408 e. The molecule has 0 radical (unpaired) electrons. The fraction of sp³-hybridized carbons (Fsp3) is 0.360. The Labute approximate surface area is 206 Å². The van der Waals surface area contributed by atoms with Crippen molar-refractivity contribution in [2.24, 2.45) is 11.7 Å². The Morgan fingerprint density at radius 1 is 1.15 bits per heavy atom. The van der Waals surface area contributed by atoms with Crippen LogP contribution < -0.4 is 11.1 Å². The van der Waals surface area contributed by atoms with Gasteiger partial charge in [0.2, 0.25) is 0 Å². The summed E-state index contributed by atoms with van der Waals surface area (Å²) in [5.74, 6) is 0.974. The molecule has 5 N–H and O–H groups in total. The molecule has 8 nitrogen and oxygen atoms in total. The van der Waals surface area contributed by atoms with Gasteiger partial charge in [0.05, 0.1) is 5.57 Å². The number of nitrogens with one attached hydrogen (secondary N) is 1. The third-order valence-electron chi connectivity index (χ3n) is 5.46. The molecule has 0 heterocycles. The van der Waals surface area contributed by atoms with Crippen LogP contribution in [0.3, 0.4) is 0 Å². The second kappa shape index (κ2) is 13.5. The molecule has 0 aromatic heterocycles. The first kappa shape index (κ1) is 27.1. The lowest BCUT2D eigenvalue weighted by molar-refractivity contribution is -0.137. The summed E-state index contributed by atoms with van der Waals surface area (Å²) < 4.78 is 5.75. The van der Waals surface area contributed by atoms with E-state index in [1.165, 1.54) is 55.9 Å². The van der Waals surface area contributed by atoms with Gasteiger partial charge >= 0.3 is 12.1 Å². The molecule has 0 unspecified atom stereocenters. The van der Waals surface area contributed by atoms with Crippen LogP contribution in [0.15, 0.2) is 53.0 Å². The van der Waals surface area contributed by atoms with Crippen molar-refractivity contribution in [1.82, 2.24) is 5.32 Å². The molecule has 0 bridgehead atoms. The maximum atomic E-state index is 12.0. The van der Waals surface area contributed by atoms with Gasteiger partial charge in [-0.1, -0.05) is 53.2 Å². The standard InChI is InChI=1S/C18H14BrNO6.C7H15N/c19-15-4-2-1-3-12(15)10-26-18(25)20-16(17(23)24)14(9-21)11-5-7-13(22)8-6-11;1-6-2-4-7(8)5-3-6/h1-8,16,22H,10H2,(H,20,25)(H,23,24);6-7H,2-5,8H2,1H3/t16-;6-,7-/m0./s1. The Hall–Kier alpha value is -3.13. The number of hydrogen-bond acceptors (Lipinski definition) is 6. The van der Waals surface area contributed by atoms with Gasteiger partial charge in [0.15, 0.2) is 6.04 Å². The Bertz CT molecular complexity index is 1000. The van der Waals surface area contributed by atoms with E-state index in [9.17, 15) is 24.6 Å². The summed E-state index contributed by atoms with van der Waals surface area (Å²) in [7, 11) is 0. The van der Waals surface area contributed by atoms with Crippen LogP contribution in [0.1, 0.15) is 43.7 Å². The second-order valence-electron chi connectivity index (χ2n) is 8.17. The monoisotopic (exact) mass is 532 g/mol. The van der Waals surface area contributed by atoms with E-state index in [0.717, 1.165) is 10.4 Å². The van der Waals surface area contributed by atoms with Crippen LogP contribution in [-0.4, -0.2) is 40.3 Å². The number of benzene rings is 2. The molecule has 1 aliphatic carbocycles. The molecular weight excluding hydrogens is 504 g/mol. The first-order valence-corrected chi connectivity index (χ1v) is 11.7. The van der Waals surface area contributed by atoms with E-state index in [0.29, 0.717) is 11.6 Å². The summed E-state index contributed by atoms with van der Waals surface area (Å²) in [6.45, 7) is 2.23. The van der Waals surface area contributed by atoms with Gasteiger partial charge in [0, 0.05) is 16.1 Å². The van der Waals surface area contributed by atoms with Gasteiger partial charge in [-0.3, -0.25) is 0 Å². The first-order chi connectivity index (χ1) is 16.2. The van der Waals surface area contributed by atoms with E-state index in [1.54, 1.807) is 24.3 Å². The third kappa shape index (κ3) is 8.67. The highest BCUT2D eigenvalue weighted by molar-refractivity contribution is 9.10. The number of aliphatic carboxylic acids is 1. The van der Waals surface area contributed by atoms with Gasteiger partial charge in [-0.25, -0.2) is 14.4 Å². The number of rotatable bonds is 6. The van der Waals surface area contributed by atoms with E-state index in [4.69, 9.17) is 10.5 Å². The lowest BCUT2D eigenvalue weighted by Gasteiger charge is -2.22. The van der Waals surface area contributed by atoms with Gasteiger partial charge in [-0.05, 0) is 55.4 Å². The van der Waals surface area contributed by atoms with Crippen molar-refractivity contribution >= 4 is 39.5 Å². The Morgan fingerprint density at radius 3 is 2.29 bits per heavy atom. The SMILES string of the molecule is C[C@H]1CC[C@H](N)CC1.O=C=C(c1ccc(O)cc1)[C@H](NC(=O)OCc1ccccc1Br)C(=O)O. The zero-order valence-corrected chi connectivity index (χ0v) is 20.5. The quantitative estimate of drug-likeness (QED) is 0.407. The molecular formula is C25H29BrN2O6. The van der Waals surface area contributed by atoms with Crippen molar-refractivity contribution in [2.45, 2.75) is 51.3 Å². The number of halogens is 1. The molecule has 182 valence electrons. The molecule has 2 aromatic carbocycles. The highest BCUT2D eigenvalue weighted by atomic mass is 79.9. The van der Waals surface area contributed by atoms with Crippen molar-refractivity contribution < 1.29 is 29.3 Å².